The predicted octanol–water partition coefficient (Wildman–Crippen LogP) is 7.72. The first-order chi connectivity index (χ1) is 32.2. The Kier molecular flexibility index (Phi) is 18.3. The lowest BCUT2D eigenvalue weighted by molar-refractivity contribution is -0.195. The molecular formula is C57H102N8O3. The zero-order chi connectivity index (χ0) is 49.1. The van der Waals surface area contributed by atoms with Crippen LogP contribution in [0.15, 0.2) is 24.3 Å². The first kappa shape index (κ1) is 54.1. The van der Waals surface area contributed by atoms with Crippen molar-refractivity contribution in [3.63, 3.8) is 0 Å². The Morgan fingerprint density at radius 1 is 0.515 bits per heavy atom. The van der Waals surface area contributed by atoms with Gasteiger partial charge in [0.25, 0.3) is 0 Å². The number of likely N-dealkylation sites (tertiary alicyclic amines) is 6. The molecule has 9 saturated heterocycles. The van der Waals surface area contributed by atoms with Gasteiger partial charge in [-0.1, -0.05) is 24.3 Å². The molecule has 1 aliphatic carbocycles. The molecule has 4 unspecified atom stereocenters. The zero-order valence-corrected chi connectivity index (χ0v) is 46.1. The number of hydrogen-bond acceptors (Lipinski definition) is 10. The van der Waals surface area contributed by atoms with Crippen molar-refractivity contribution in [2.45, 2.75) is 184 Å². The molecule has 12 rings (SSSR count). The minimum atomic E-state index is 0.230. The van der Waals surface area contributed by atoms with Crippen LogP contribution < -0.4 is 0 Å². The van der Waals surface area contributed by atoms with Crippen LogP contribution in [0, 0.1) is 28.1 Å². The van der Waals surface area contributed by atoms with Crippen molar-refractivity contribution in [3.05, 3.63) is 35.4 Å². The molecule has 388 valence electrons. The van der Waals surface area contributed by atoms with Crippen LogP contribution in [0.4, 0.5) is 0 Å². The SMILES string of the molecule is CC(=O)N1CC2(C1)CN(C(C)C)C2.CC(C)N1CC2(COC2)C1.CC(C)N1CC2CC2C1.CC(C)N1CC2CCC(C1)N2C.CC(C)N1CCC2(CC1)COC2.CC(C)N1Cc2ccccc2C1. The standard InChI is InChI=1S/C11H15N.C10H18N2O.C10H20N2.C10H19NO.C8H15NO.C8H15N/c1-9(2)12-7-10-5-3-4-6-11(10)8-12;1-8(2)11-4-10(5-11)6-12(7-10)9(3)13;1-8(2)12-6-9-4-5-10(7-12)11(9)3;1-9(2)11-5-3-10(4-6-11)7-12-8-10;1-7(2)9-3-8(4-9)5-10-6-8;1-6(2)9-4-7-3-8(7)5-9/h3-6,9H,7-8H2,1-2H3;8H,4-7H2,1-3H3;8-10H,4-7H2,1-3H3;9H,3-8H2,1-2H3;7H,3-6H2,1-2H3;6-8H,3-5H2,1-2H3. The second kappa shape index (κ2) is 23.0. The number of carbonyl (C=O) groups is 1. The summed E-state index contributed by atoms with van der Waals surface area (Å²) in [7, 11) is 2.29. The fourth-order valence-electron chi connectivity index (χ4n) is 12.5. The van der Waals surface area contributed by atoms with Gasteiger partial charge in [0.05, 0.1) is 26.4 Å². The molecule has 1 aromatic rings. The second-order valence-electron chi connectivity index (χ2n) is 25.7. The van der Waals surface area contributed by atoms with Crippen molar-refractivity contribution in [2.24, 2.45) is 28.1 Å². The maximum atomic E-state index is 11.0. The largest absolute Gasteiger partial charge is 0.380 e. The fourth-order valence-corrected chi connectivity index (χ4v) is 12.5. The number of piperidine rings is 2. The Bertz CT molecular complexity index is 1660. The minimum Gasteiger partial charge on any atom is -0.380 e. The topological polar surface area (TPSA) is 61.5 Å². The van der Waals surface area contributed by atoms with Gasteiger partial charge in [0.15, 0.2) is 0 Å². The van der Waals surface area contributed by atoms with Crippen LogP contribution in [0.3, 0.4) is 0 Å². The highest BCUT2D eigenvalue weighted by atomic mass is 16.5. The molecule has 10 heterocycles. The van der Waals surface area contributed by atoms with E-state index in [1.165, 1.54) is 109 Å². The van der Waals surface area contributed by atoms with E-state index in [2.05, 4.69) is 149 Å². The van der Waals surface area contributed by atoms with Crippen LogP contribution >= 0.6 is 0 Å². The molecule has 1 saturated carbocycles. The molecule has 3 spiro atoms. The molecule has 10 fully saturated rings. The Labute approximate surface area is 416 Å². The predicted molar refractivity (Wildman–Crippen MR) is 281 cm³/mol. The molecule has 2 bridgehead atoms. The summed E-state index contributed by atoms with van der Waals surface area (Å²) in [6, 6.07) is 14.7. The summed E-state index contributed by atoms with van der Waals surface area (Å²) < 4.78 is 10.5. The highest BCUT2D eigenvalue weighted by molar-refractivity contribution is 5.74. The molecule has 1 aromatic carbocycles. The van der Waals surface area contributed by atoms with Gasteiger partial charge in [-0.3, -0.25) is 29.3 Å². The number of hydrogen-bond donors (Lipinski definition) is 0. The molecular weight excluding hydrogens is 845 g/mol. The van der Waals surface area contributed by atoms with Crippen LogP contribution in [-0.4, -0.2) is 205 Å². The number of nitrogens with zero attached hydrogens (tertiary/aromatic N) is 8. The molecule has 1 amide bonds. The summed E-state index contributed by atoms with van der Waals surface area (Å²) in [5.41, 5.74) is 4.70. The van der Waals surface area contributed by atoms with Crippen molar-refractivity contribution in [1.29, 1.82) is 0 Å². The van der Waals surface area contributed by atoms with E-state index < -0.39 is 0 Å². The van der Waals surface area contributed by atoms with Crippen LogP contribution in [-0.2, 0) is 27.4 Å². The van der Waals surface area contributed by atoms with E-state index in [1.807, 2.05) is 4.90 Å². The fraction of sp³-hybridized carbons (Fsp3) is 0.877. The van der Waals surface area contributed by atoms with Gasteiger partial charge in [-0.05, 0) is 158 Å². The molecule has 0 N–H and O–H groups in total. The van der Waals surface area contributed by atoms with Gasteiger partial charge in [-0.2, -0.15) is 0 Å². The molecule has 11 nitrogen and oxygen atoms in total. The highest BCUT2D eigenvalue weighted by Crippen LogP contribution is 2.45. The molecule has 11 aliphatic rings. The van der Waals surface area contributed by atoms with E-state index in [9.17, 15) is 4.79 Å². The summed E-state index contributed by atoms with van der Waals surface area (Å²) in [6.45, 7) is 50.1. The highest BCUT2D eigenvalue weighted by Gasteiger charge is 2.53. The number of rotatable bonds is 6. The van der Waals surface area contributed by atoms with Gasteiger partial charge < -0.3 is 24.2 Å². The number of amides is 1. The van der Waals surface area contributed by atoms with Crippen molar-refractivity contribution >= 4 is 5.91 Å². The Balaban J connectivity index is 0.000000121. The van der Waals surface area contributed by atoms with Gasteiger partial charge in [0, 0.05) is 150 Å². The van der Waals surface area contributed by atoms with Crippen molar-refractivity contribution in [2.75, 3.05) is 112 Å². The van der Waals surface area contributed by atoms with Crippen LogP contribution in [0.2, 0.25) is 0 Å². The summed E-state index contributed by atoms with van der Waals surface area (Å²) in [6.07, 6.45) is 7.08. The summed E-state index contributed by atoms with van der Waals surface area (Å²) in [5, 5.41) is 0. The maximum absolute atomic E-state index is 11.0. The van der Waals surface area contributed by atoms with Crippen LogP contribution in [0.25, 0.3) is 0 Å². The van der Waals surface area contributed by atoms with Gasteiger partial charge in [-0.15, -0.1) is 0 Å². The lowest BCUT2D eigenvalue weighted by Crippen LogP contribution is -2.73. The van der Waals surface area contributed by atoms with E-state index in [0.29, 0.717) is 28.3 Å². The first-order valence-electron chi connectivity index (χ1n) is 27.8. The summed E-state index contributed by atoms with van der Waals surface area (Å²) >= 11 is 0. The third kappa shape index (κ3) is 13.5. The molecule has 10 aliphatic heterocycles. The zero-order valence-electron chi connectivity index (χ0n) is 46.1. The number of benzene rings is 1. The van der Waals surface area contributed by atoms with E-state index in [1.54, 1.807) is 6.92 Å². The second-order valence-corrected chi connectivity index (χ2v) is 25.7. The van der Waals surface area contributed by atoms with E-state index in [4.69, 9.17) is 9.47 Å². The monoisotopic (exact) mass is 947 g/mol. The molecule has 11 heteroatoms. The van der Waals surface area contributed by atoms with Crippen LogP contribution in [0.1, 0.15) is 133 Å². The number of likely N-dealkylation sites (N-methyl/N-ethyl adjacent to an activating group) is 1. The molecule has 0 radical (unpaired) electrons. The van der Waals surface area contributed by atoms with Gasteiger partial charge in [0.2, 0.25) is 5.91 Å². The molecule has 4 atom stereocenters. The molecule has 0 aromatic heterocycles. The quantitative estimate of drug-likeness (QED) is 0.284. The lowest BCUT2D eigenvalue weighted by Gasteiger charge is -2.61. The normalized spacial score (nSPS) is 29.8. The van der Waals surface area contributed by atoms with Crippen molar-refractivity contribution in [1.82, 2.24) is 39.2 Å². The van der Waals surface area contributed by atoms with Crippen LogP contribution in [0.5, 0.6) is 0 Å². The third-order valence-electron chi connectivity index (χ3n) is 18.3. The smallest absolute Gasteiger partial charge is 0.219 e. The first-order valence-corrected chi connectivity index (χ1v) is 27.8. The van der Waals surface area contributed by atoms with Crippen molar-refractivity contribution < 1.29 is 14.3 Å². The van der Waals surface area contributed by atoms with Crippen molar-refractivity contribution in [3.8, 4) is 0 Å². The lowest BCUT2D eigenvalue weighted by atomic mass is 9.72. The average molecular weight is 947 g/mol. The number of ether oxygens (including phenoxy) is 2. The Morgan fingerprint density at radius 3 is 1.26 bits per heavy atom. The summed E-state index contributed by atoms with van der Waals surface area (Å²) in [5.74, 6) is 2.44. The number of fused-ring (bicyclic) bond motifs is 4. The van der Waals surface area contributed by atoms with E-state index in [-0.39, 0.29) is 5.91 Å². The number of piperazine rings is 1. The average Bonchev–Trinajstić information content (AvgIpc) is 3.47. The maximum Gasteiger partial charge on any atom is 0.219 e. The summed E-state index contributed by atoms with van der Waals surface area (Å²) in [4.78, 5) is 30.8. The van der Waals surface area contributed by atoms with Gasteiger partial charge in [0.1, 0.15) is 0 Å². The van der Waals surface area contributed by atoms with E-state index >= 15 is 0 Å². The minimum absolute atomic E-state index is 0.230. The van der Waals surface area contributed by atoms with Gasteiger partial charge >= 0.3 is 0 Å². The Hall–Kier alpha value is -1.67. The number of carbonyl (C=O) groups excluding carboxylic acids is 1. The third-order valence-corrected chi connectivity index (χ3v) is 18.3. The van der Waals surface area contributed by atoms with Gasteiger partial charge in [-0.25, -0.2) is 0 Å². The Morgan fingerprint density at radius 2 is 0.912 bits per heavy atom. The molecule has 68 heavy (non-hydrogen) atoms. The van der Waals surface area contributed by atoms with E-state index in [0.717, 1.165) is 101 Å².